The second-order valence-corrected chi connectivity index (χ2v) is 5.66. The molecule has 0 saturated heterocycles. The fourth-order valence-electron chi connectivity index (χ4n) is 1.82. The van der Waals surface area contributed by atoms with Crippen molar-refractivity contribution in [1.29, 1.82) is 0 Å². The van der Waals surface area contributed by atoms with Crippen molar-refractivity contribution in [3.05, 3.63) is 40.9 Å². The van der Waals surface area contributed by atoms with E-state index < -0.39 is 0 Å². The molecule has 1 atom stereocenters. The first-order valence-electron chi connectivity index (χ1n) is 6.66. The van der Waals surface area contributed by atoms with E-state index in [2.05, 4.69) is 32.2 Å². The van der Waals surface area contributed by atoms with Crippen LogP contribution in [-0.2, 0) is 4.79 Å². The number of allylic oxidation sites excluding steroid dienone is 2. The van der Waals surface area contributed by atoms with Gasteiger partial charge in [-0.05, 0) is 56.9 Å². The summed E-state index contributed by atoms with van der Waals surface area (Å²) < 4.78 is 0. The van der Waals surface area contributed by atoms with Gasteiger partial charge in [0.25, 0.3) is 0 Å². The molecule has 104 valence electrons. The highest BCUT2D eigenvalue weighted by Crippen LogP contribution is 2.16. The summed E-state index contributed by atoms with van der Waals surface area (Å²) in [6.45, 7) is 6.30. The van der Waals surface area contributed by atoms with E-state index in [0.717, 1.165) is 18.5 Å². The first-order chi connectivity index (χ1) is 8.97. The molecule has 1 aromatic carbocycles. The second kappa shape index (κ2) is 8.00. The Hall–Kier alpha value is -1.28. The number of hydrogen-bond donors (Lipinski definition) is 1. The summed E-state index contributed by atoms with van der Waals surface area (Å²) in [5.41, 5.74) is 2.13. The van der Waals surface area contributed by atoms with Crippen molar-refractivity contribution >= 4 is 23.2 Å². The van der Waals surface area contributed by atoms with E-state index in [4.69, 9.17) is 11.6 Å². The quantitative estimate of drug-likeness (QED) is 0.725. The van der Waals surface area contributed by atoms with Gasteiger partial charge in [0.15, 0.2) is 0 Å². The van der Waals surface area contributed by atoms with E-state index in [1.54, 1.807) is 12.1 Å². The molecule has 0 aliphatic carbocycles. The van der Waals surface area contributed by atoms with Crippen molar-refractivity contribution in [3.63, 3.8) is 0 Å². The number of rotatable bonds is 6. The van der Waals surface area contributed by atoms with E-state index in [-0.39, 0.29) is 5.91 Å². The smallest absolute Gasteiger partial charge is 0.224 e. The third kappa shape index (κ3) is 7.02. The molecule has 0 saturated carbocycles. The molecule has 0 radical (unpaired) electrons. The summed E-state index contributed by atoms with van der Waals surface area (Å²) >= 11 is 5.80. The lowest BCUT2D eigenvalue weighted by Crippen LogP contribution is -2.15. The van der Waals surface area contributed by atoms with Crippen LogP contribution in [0.4, 0.5) is 5.69 Å². The molecule has 1 aromatic rings. The molecule has 0 aliphatic rings. The monoisotopic (exact) mass is 279 g/mol. The van der Waals surface area contributed by atoms with Gasteiger partial charge in [-0.2, -0.15) is 0 Å². The third-order valence-electron chi connectivity index (χ3n) is 2.87. The molecule has 2 nitrogen and oxygen atoms in total. The van der Waals surface area contributed by atoms with E-state index in [1.165, 1.54) is 5.57 Å². The fraction of sp³-hybridized carbons (Fsp3) is 0.438. The maximum absolute atomic E-state index is 11.8. The largest absolute Gasteiger partial charge is 0.326 e. The van der Waals surface area contributed by atoms with E-state index in [9.17, 15) is 4.79 Å². The molecule has 0 aliphatic heterocycles. The van der Waals surface area contributed by atoms with Gasteiger partial charge in [0.2, 0.25) is 5.91 Å². The van der Waals surface area contributed by atoms with Crippen LogP contribution in [-0.4, -0.2) is 5.91 Å². The van der Waals surface area contributed by atoms with Gasteiger partial charge in [0, 0.05) is 17.1 Å². The number of hydrogen-bond acceptors (Lipinski definition) is 1. The average Bonchev–Trinajstić information content (AvgIpc) is 2.31. The standard InChI is InChI=1S/C16H22ClNO/c1-12(2)5-4-6-13(3)11-16(19)18-15-9-7-14(17)8-10-15/h5,7-10,13H,4,6,11H2,1-3H3,(H,18,19). The molecule has 0 spiro atoms. The number of halogens is 1. The molecular weight excluding hydrogens is 258 g/mol. The minimum absolute atomic E-state index is 0.0621. The number of benzene rings is 1. The maximum Gasteiger partial charge on any atom is 0.224 e. The Bertz CT molecular complexity index is 433. The molecule has 0 fully saturated rings. The molecule has 1 amide bonds. The minimum Gasteiger partial charge on any atom is -0.326 e. The summed E-state index contributed by atoms with van der Waals surface area (Å²) in [4.78, 5) is 11.8. The zero-order chi connectivity index (χ0) is 14.3. The number of carbonyl (C=O) groups excluding carboxylic acids is 1. The summed E-state index contributed by atoms with van der Waals surface area (Å²) in [6, 6.07) is 7.17. The summed E-state index contributed by atoms with van der Waals surface area (Å²) in [7, 11) is 0. The lowest BCUT2D eigenvalue weighted by Gasteiger charge is -2.10. The van der Waals surface area contributed by atoms with Crippen molar-refractivity contribution in [2.75, 3.05) is 5.32 Å². The maximum atomic E-state index is 11.8. The second-order valence-electron chi connectivity index (χ2n) is 5.22. The normalized spacial score (nSPS) is 11.8. The molecule has 1 N–H and O–H groups in total. The van der Waals surface area contributed by atoms with Crippen molar-refractivity contribution in [2.45, 2.75) is 40.0 Å². The van der Waals surface area contributed by atoms with Gasteiger partial charge in [0.1, 0.15) is 0 Å². The Kier molecular flexibility index (Phi) is 6.65. The molecule has 0 heterocycles. The van der Waals surface area contributed by atoms with Crippen LogP contribution in [0.2, 0.25) is 5.02 Å². The van der Waals surface area contributed by atoms with Crippen molar-refractivity contribution in [2.24, 2.45) is 5.92 Å². The average molecular weight is 280 g/mol. The lowest BCUT2D eigenvalue weighted by atomic mass is 10.0. The summed E-state index contributed by atoms with van der Waals surface area (Å²) in [5, 5.41) is 3.56. The molecule has 0 aromatic heterocycles. The van der Waals surface area contributed by atoms with Gasteiger partial charge < -0.3 is 5.32 Å². The van der Waals surface area contributed by atoms with Crippen molar-refractivity contribution < 1.29 is 4.79 Å². The zero-order valence-electron chi connectivity index (χ0n) is 11.9. The Labute approximate surface area is 120 Å². The van der Waals surface area contributed by atoms with Crippen LogP contribution in [0.5, 0.6) is 0 Å². The predicted octanol–water partition coefficient (Wildman–Crippen LogP) is 5.05. The van der Waals surface area contributed by atoms with Gasteiger partial charge in [-0.15, -0.1) is 0 Å². The summed E-state index contributed by atoms with van der Waals surface area (Å²) in [6.07, 6.45) is 4.85. The Morgan fingerprint density at radius 3 is 2.53 bits per heavy atom. The van der Waals surface area contributed by atoms with Gasteiger partial charge in [-0.3, -0.25) is 4.79 Å². The molecular formula is C16H22ClNO. The molecule has 1 rings (SSSR count). The lowest BCUT2D eigenvalue weighted by molar-refractivity contribution is -0.117. The van der Waals surface area contributed by atoms with Crippen LogP contribution in [0.3, 0.4) is 0 Å². The zero-order valence-corrected chi connectivity index (χ0v) is 12.6. The highest BCUT2D eigenvalue weighted by atomic mass is 35.5. The molecule has 19 heavy (non-hydrogen) atoms. The minimum atomic E-state index is 0.0621. The van der Waals surface area contributed by atoms with Gasteiger partial charge >= 0.3 is 0 Å². The van der Waals surface area contributed by atoms with Gasteiger partial charge in [0.05, 0.1) is 0 Å². The van der Waals surface area contributed by atoms with Crippen LogP contribution in [0.25, 0.3) is 0 Å². The number of anilines is 1. The van der Waals surface area contributed by atoms with E-state index in [0.29, 0.717) is 17.4 Å². The Balaban J connectivity index is 2.34. The third-order valence-corrected chi connectivity index (χ3v) is 3.13. The predicted molar refractivity (Wildman–Crippen MR) is 82.5 cm³/mol. The highest BCUT2D eigenvalue weighted by Gasteiger charge is 2.08. The van der Waals surface area contributed by atoms with E-state index >= 15 is 0 Å². The van der Waals surface area contributed by atoms with Gasteiger partial charge in [-0.1, -0.05) is 30.2 Å². The Morgan fingerprint density at radius 2 is 1.95 bits per heavy atom. The van der Waals surface area contributed by atoms with Crippen LogP contribution in [0.15, 0.2) is 35.9 Å². The fourth-order valence-corrected chi connectivity index (χ4v) is 1.95. The van der Waals surface area contributed by atoms with Crippen LogP contribution in [0, 0.1) is 5.92 Å². The summed E-state index contributed by atoms with van der Waals surface area (Å²) in [5.74, 6) is 0.454. The number of amides is 1. The molecule has 1 unspecified atom stereocenters. The number of nitrogens with one attached hydrogen (secondary N) is 1. The van der Waals surface area contributed by atoms with Crippen LogP contribution >= 0.6 is 11.6 Å². The topological polar surface area (TPSA) is 29.1 Å². The van der Waals surface area contributed by atoms with Crippen LogP contribution < -0.4 is 5.32 Å². The van der Waals surface area contributed by atoms with Crippen molar-refractivity contribution in [3.8, 4) is 0 Å². The highest BCUT2D eigenvalue weighted by molar-refractivity contribution is 6.30. The van der Waals surface area contributed by atoms with Crippen LogP contribution in [0.1, 0.15) is 40.0 Å². The first kappa shape index (κ1) is 15.8. The first-order valence-corrected chi connectivity index (χ1v) is 7.04. The Morgan fingerprint density at radius 1 is 1.32 bits per heavy atom. The van der Waals surface area contributed by atoms with Gasteiger partial charge in [-0.25, -0.2) is 0 Å². The van der Waals surface area contributed by atoms with Crippen molar-refractivity contribution in [1.82, 2.24) is 0 Å². The molecule has 0 bridgehead atoms. The molecule has 3 heteroatoms. The SMILES string of the molecule is CC(C)=CCCC(C)CC(=O)Nc1ccc(Cl)cc1. The number of carbonyl (C=O) groups is 1. The van der Waals surface area contributed by atoms with E-state index in [1.807, 2.05) is 12.1 Å².